The molecule has 2 rings (SSSR count). The molecule has 0 aliphatic rings. The smallest absolute Gasteiger partial charge is 0.0945 e. The summed E-state index contributed by atoms with van der Waals surface area (Å²) >= 11 is 7.91. The monoisotopic (exact) mass is 314 g/mol. The molecule has 0 aliphatic heterocycles. The first kappa shape index (κ1) is 15.4. The molecule has 2 aromatic rings. The standard InChI is InChI=1S/C13H19ClN4OS/c1-3-4-15-12(11-8-20-9-16-11)13-10(14)7-17-18(13)5-6-19-2/h7-9,12,15H,3-6H2,1-2H3. The fourth-order valence-electron chi connectivity index (χ4n) is 2.01. The SMILES string of the molecule is CCCNC(c1cscn1)c1c(Cl)cnn1CCOC. The Kier molecular flexibility index (Phi) is 5.97. The zero-order valence-electron chi connectivity index (χ0n) is 11.7. The van der Waals surface area contributed by atoms with Crippen LogP contribution in [0.5, 0.6) is 0 Å². The summed E-state index contributed by atoms with van der Waals surface area (Å²) in [5.74, 6) is 0. The average Bonchev–Trinajstić information content (AvgIpc) is 3.09. The molecule has 0 saturated heterocycles. The third kappa shape index (κ3) is 3.58. The maximum atomic E-state index is 6.33. The molecule has 0 aromatic carbocycles. The van der Waals surface area contributed by atoms with Gasteiger partial charge in [0.15, 0.2) is 0 Å². The Morgan fingerprint density at radius 2 is 2.40 bits per heavy atom. The quantitative estimate of drug-likeness (QED) is 0.814. The van der Waals surface area contributed by atoms with Crippen molar-refractivity contribution in [3.8, 4) is 0 Å². The molecular formula is C13H19ClN4OS. The van der Waals surface area contributed by atoms with Crippen molar-refractivity contribution in [1.29, 1.82) is 0 Å². The molecule has 0 spiro atoms. The van der Waals surface area contributed by atoms with Crippen LogP contribution in [0.3, 0.4) is 0 Å². The van der Waals surface area contributed by atoms with E-state index < -0.39 is 0 Å². The molecule has 7 heteroatoms. The fourth-order valence-corrected chi connectivity index (χ4v) is 2.84. The van der Waals surface area contributed by atoms with E-state index in [9.17, 15) is 0 Å². The van der Waals surface area contributed by atoms with Gasteiger partial charge >= 0.3 is 0 Å². The molecule has 0 bridgehead atoms. The van der Waals surface area contributed by atoms with Crippen molar-refractivity contribution in [2.24, 2.45) is 0 Å². The maximum absolute atomic E-state index is 6.33. The molecule has 0 radical (unpaired) electrons. The zero-order chi connectivity index (χ0) is 14.4. The van der Waals surface area contributed by atoms with Gasteiger partial charge in [0.1, 0.15) is 0 Å². The summed E-state index contributed by atoms with van der Waals surface area (Å²) in [6.45, 7) is 4.30. The van der Waals surface area contributed by atoms with E-state index in [2.05, 4.69) is 22.3 Å². The van der Waals surface area contributed by atoms with Gasteiger partial charge in [-0.2, -0.15) is 5.10 Å². The third-order valence-electron chi connectivity index (χ3n) is 2.96. The molecule has 0 fully saturated rings. The fraction of sp³-hybridized carbons (Fsp3) is 0.538. The largest absolute Gasteiger partial charge is 0.383 e. The van der Waals surface area contributed by atoms with Crippen LogP contribution in [0.1, 0.15) is 30.8 Å². The van der Waals surface area contributed by atoms with Crippen molar-refractivity contribution in [3.05, 3.63) is 33.5 Å². The summed E-state index contributed by atoms with van der Waals surface area (Å²) in [7, 11) is 1.68. The number of thiazole rings is 1. The van der Waals surface area contributed by atoms with Crippen LogP contribution in [0.25, 0.3) is 0 Å². The van der Waals surface area contributed by atoms with Crippen molar-refractivity contribution in [1.82, 2.24) is 20.1 Å². The summed E-state index contributed by atoms with van der Waals surface area (Å²) in [5.41, 5.74) is 3.76. The van der Waals surface area contributed by atoms with Gasteiger partial charge in [0.25, 0.3) is 0 Å². The predicted octanol–water partition coefficient (Wildman–Crippen LogP) is 2.73. The van der Waals surface area contributed by atoms with Crippen LogP contribution in [-0.2, 0) is 11.3 Å². The lowest BCUT2D eigenvalue weighted by Gasteiger charge is -2.19. The van der Waals surface area contributed by atoms with Gasteiger partial charge in [-0.05, 0) is 13.0 Å². The summed E-state index contributed by atoms with van der Waals surface area (Å²) in [5, 5.41) is 10.5. The topological polar surface area (TPSA) is 52.0 Å². The lowest BCUT2D eigenvalue weighted by molar-refractivity contribution is 0.182. The van der Waals surface area contributed by atoms with E-state index in [1.165, 1.54) is 0 Å². The highest BCUT2D eigenvalue weighted by atomic mass is 35.5. The minimum absolute atomic E-state index is 0.0342. The minimum atomic E-state index is -0.0342. The molecule has 1 unspecified atom stereocenters. The molecular weight excluding hydrogens is 296 g/mol. The molecule has 110 valence electrons. The Morgan fingerprint density at radius 1 is 1.55 bits per heavy atom. The van der Waals surface area contributed by atoms with Crippen LogP contribution in [-0.4, -0.2) is 35.0 Å². The second-order valence-electron chi connectivity index (χ2n) is 4.39. The first-order chi connectivity index (χ1) is 9.77. The lowest BCUT2D eigenvalue weighted by Crippen LogP contribution is -2.27. The van der Waals surface area contributed by atoms with E-state index in [-0.39, 0.29) is 6.04 Å². The van der Waals surface area contributed by atoms with Gasteiger partial charge in [-0.15, -0.1) is 11.3 Å². The molecule has 2 aromatic heterocycles. The molecule has 1 N–H and O–H groups in total. The average molecular weight is 315 g/mol. The van der Waals surface area contributed by atoms with Crippen molar-refractivity contribution >= 4 is 22.9 Å². The number of hydrogen-bond acceptors (Lipinski definition) is 5. The molecule has 0 saturated carbocycles. The highest BCUT2D eigenvalue weighted by Crippen LogP contribution is 2.28. The second kappa shape index (κ2) is 7.73. The number of methoxy groups -OCH3 is 1. The summed E-state index contributed by atoms with van der Waals surface area (Å²) in [6.07, 6.45) is 2.73. The normalized spacial score (nSPS) is 12.8. The van der Waals surface area contributed by atoms with Crippen molar-refractivity contribution in [2.75, 3.05) is 20.3 Å². The van der Waals surface area contributed by atoms with Crippen molar-refractivity contribution in [2.45, 2.75) is 25.9 Å². The van der Waals surface area contributed by atoms with E-state index in [1.54, 1.807) is 24.6 Å². The number of nitrogens with zero attached hydrogens (tertiary/aromatic N) is 3. The molecule has 20 heavy (non-hydrogen) atoms. The predicted molar refractivity (Wildman–Crippen MR) is 81.4 cm³/mol. The Hall–Kier alpha value is -0.950. The zero-order valence-corrected chi connectivity index (χ0v) is 13.2. The Labute approximate surface area is 127 Å². The van der Waals surface area contributed by atoms with Crippen LogP contribution < -0.4 is 5.32 Å². The number of aromatic nitrogens is 3. The van der Waals surface area contributed by atoms with Crippen molar-refractivity contribution < 1.29 is 4.74 Å². The highest BCUT2D eigenvalue weighted by molar-refractivity contribution is 7.07. The van der Waals surface area contributed by atoms with Crippen LogP contribution in [0.15, 0.2) is 17.1 Å². The van der Waals surface area contributed by atoms with Crippen molar-refractivity contribution in [3.63, 3.8) is 0 Å². The highest BCUT2D eigenvalue weighted by Gasteiger charge is 2.23. The van der Waals surface area contributed by atoms with Gasteiger partial charge in [0, 0.05) is 12.5 Å². The number of halogens is 1. The summed E-state index contributed by atoms with van der Waals surface area (Å²) < 4.78 is 7.01. The Balaban J connectivity index is 2.30. The van der Waals surface area contributed by atoms with Gasteiger partial charge in [0.2, 0.25) is 0 Å². The number of ether oxygens (including phenoxy) is 1. The van der Waals surface area contributed by atoms with E-state index in [4.69, 9.17) is 16.3 Å². The van der Waals surface area contributed by atoms with Crippen LogP contribution in [0.4, 0.5) is 0 Å². The third-order valence-corrected chi connectivity index (χ3v) is 3.86. The maximum Gasteiger partial charge on any atom is 0.0945 e. The van der Waals surface area contributed by atoms with E-state index in [1.807, 2.05) is 15.6 Å². The van der Waals surface area contributed by atoms with Crippen LogP contribution >= 0.6 is 22.9 Å². The first-order valence-corrected chi connectivity index (χ1v) is 7.91. The van der Waals surface area contributed by atoms with Crippen LogP contribution in [0.2, 0.25) is 5.02 Å². The lowest BCUT2D eigenvalue weighted by atomic mass is 10.1. The molecule has 1 atom stereocenters. The van der Waals surface area contributed by atoms with E-state index in [0.29, 0.717) is 18.2 Å². The summed E-state index contributed by atoms with van der Waals surface area (Å²) in [4.78, 5) is 4.41. The Bertz CT molecular complexity index is 514. The van der Waals surface area contributed by atoms with Crippen LogP contribution in [0, 0.1) is 0 Å². The van der Waals surface area contributed by atoms with Gasteiger partial charge in [-0.1, -0.05) is 18.5 Å². The van der Waals surface area contributed by atoms with Gasteiger partial charge in [0.05, 0.1) is 47.3 Å². The van der Waals surface area contributed by atoms with E-state index >= 15 is 0 Å². The second-order valence-corrected chi connectivity index (χ2v) is 5.52. The van der Waals surface area contributed by atoms with Gasteiger partial charge in [-0.25, -0.2) is 4.98 Å². The summed E-state index contributed by atoms with van der Waals surface area (Å²) in [6, 6.07) is -0.0342. The molecule has 2 heterocycles. The molecule has 5 nitrogen and oxygen atoms in total. The number of hydrogen-bond donors (Lipinski definition) is 1. The van der Waals surface area contributed by atoms with E-state index in [0.717, 1.165) is 24.4 Å². The van der Waals surface area contributed by atoms with Gasteiger partial charge in [-0.3, -0.25) is 4.68 Å². The first-order valence-electron chi connectivity index (χ1n) is 6.59. The molecule has 0 aliphatic carbocycles. The molecule has 0 amide bonds. The minimum Gasteiger partial charge on any atom is -0.383 e. The van der Waals surface area contributed by atoms with Gasteiger partial charge < -0.3 is 10.1 Å². The Morgan fingerprint density at radius 3 is 3.05 bits per heavy atom. The number of nitrogens with one attached hydrogen (secondary N) is 1. The number of rotatable bonds is 8.